The maximum Gasteiger partial charge on any atom is 0.303 e. The number of aliphatic carboxylic acids is 1. The lowest BCUT2D eigenvalue weighted by atomic mass is 9.88. The summed E-state index contributed by atoms with van der Waals surface area (Å²) in [5, 5.41) is 29.5. The molecule has 1 aromatic carbocycles. The van der Waals surface area contributed by atoms with Crippen LogP contribution in [-0.2, 0) is 27.4 Å². The highest BCUT2D eigenvalue weighted by Gasteiger charge is 2.39. The van der Waals surface area contributed by atoms with Crippen LogP contribution >= 0.6 is 0 Å². The van der Waals surface area contributed by atoms with Crippen molar-refractivity contribution in [2.45, 2.75) is 83.5 Å². The summed E-state index contributed by atoms with van der Waals surface area (Å²) in [4.78, 5) is 22.9. The van der Waals surface area contributed by atoms with E-state index >= 15 is 0 Å². The number of unbranched alkanes of at least 4 members (excludes halogenated alkanes) is 3. The molecular formula is C26H38O6. The average Bonchev–Trinajstić information content (AvgIpc) is 3.01. The van der Waals surface area contributed by atoms with Crippen LogP contribution in [0.4, 0.5) is 0 Å². The van der Waals surface area contributed by atoms with Gasteiger partial charge >= 0.3 is 5.97 Å². The van der Waals surface area contributed by atoms with E-state index in [9.17, 15) is 19.8 Å². The third kappa shape index (κ3) is 9.23. The first-order valence-corrected chi connectivity index (χ1v) is 11.8. The first kappa shape index (κ1) is 26.2. The smallest absolute Gasteiger partial charge is 0.303 e. The Morgan fingerprint density at radius 2 is 1.97 bits per heavy atom. The number of carboxylic acids is 1. The Morgan fingerprint density at radius 3 is 2.72 bits per heavy atom. The van der Waals surface area contributed by atoms with Crippen LogP contribution in [0.3, 0.4) is 0 Å². The number of carboxylic acid groups (broad SMARTS) is 1. The fourth-order valence-corrected chi connectivity index (χ4v) is 4.33. The molecule has 178 valence electrons. The molecule has 6 heteroatoms. The summed E-state index contributed by atoms with van der Waals surface area (Å²) in [6, 6.07) is 7.98. The molecule has 0 aliphatic heterocycles. The van der Waals surface area contributed by atoms with E-state index in [-0.39, 0.29) is 30.5 Å². The van der Waals surface area contributed by atoms with Crippen molar-refractivity contribution in [1.82, 2.24) is 0 Å². The molecule has 32 heavy (non-hydrogen) atoms. The van der Waals surface area contributed by atoms with Gasteiger partial charge in [0.1, 0.15) is 5.78 Å². The lowest BCUT2D eigenvalue weighted by Gasteiger charge is -2.18. The molecule has 1 saturated carbocycles. The topological polar surface area (TPSA) is 104 Å². The Balaban J connectivity index is 1.84. The van der Waals surface area contributed by atoms with Gasteiger partial charge in [0.2, 0.25) is 0 Å². The van der Waals surface area contributed by atoms with E-state index in [4.69, 9.17) is 9.84 Å². The van der Waals surface area contributed by atoms with E-state index in [0.29, 0.717) is 25.9 Å². The molecule has 6 nitrogen and oxygen atoms in total. The zero-order valence-electron chi connectivity index (χ0n) is 19.1. The van der Waals surface area contributed by atoms with Crippen LogP contribution in [0, 0.1) is 11.8 Å². The van der Waals surface area contributed by atoms with Crippen molar-refractivity contribution in [3.63, 3.8) is 0 Å². The third-order valence-corrected chi connectivity index (χ3v) is 6.00. The number of carbonyl (C=O) groups excluding carboxylic acids is 1. The second kappa shape index (κ2) is 14.2. The van der Waals surface area contributed by atoms with Gasteiger partial charge in [0.05, 0.1) is 18.8 Å². The van der Waals surface area contributed by atoms with E-state index in [0.717, 1.165) is 43.4 Å². The van der Waals surface area contributed by atoms with Gasteiger partial charge in [-0.3, -0.25) is 9.59 Å². The van der Waals surface area contributed by atoms with E-state index < -0.39 is 18.2 Å². The van der Waals surface area contributed by atoms with Crippen molar-refractivity contribution >= 4 is 11.8 Å². The number of aliphatic hydroxyl groups is 2. The molecule has 3 N–H and O–H groups in total. The minimum Gasteiger partial charge on any atom is -0.481 e. The van der Waals surface area contributed by atoms with E-state index in [2.05, 4.69) is 6.92 Å². The van der Waals surface area contributed by atoms with Crippen molar-refractivity contribution in [3.05, 3.63) is 47.5 Å². The van der Waals surface area contributed by atoms with Crippen LogP contribution in [0.2, 0.25) is 0 Å². The van der Waals surface area contributed by atoms with Crippen LogP contribution in [0.25, 0.3) is 0 Å². The Bertz CT molecular complexity index is 744. The largest absolute Gasteiger partial charge is 0.481 e. The minimum absolute atomic E-state index is 0.0759. The molecule has 1 aliphatic rings. The summed E-state index contributed by atoms with van der Waals surface area (Å²) in [6.45, 7) is 3.35. The maximum atomic E-state index is 12.3. The van der Waals surface area contributed by atoms with E-state index in [1.165, 1.54) is 0 Å². The van der Waals surface area contributed by atoms with E-state index in [1.807, 2.05) is 30.3 Å². The van der Waals surface area contributed by atoms with Gasteiger partial charge in [-0.05, 0) is 30.4 Å². The quantitative estimate of drug-likeness (QED) is 0.277. The normalized spacial score (nSPS) is 22.0. The first-order chi connectivity index (χ1) is 15.4. The van der Waals surface area contributed by atoms with Gasteiger partial charge in [-0.15, -0.1) is 0 Å². The lowest BCUT2D eigenvalue weighted by Crippen LogP contribution is -2.19. The van der Waals surface area contributed by atoms with E-state index in [1.54, 1.807) is 6.08 Å². The molecule has 2 rings (SSSR count). The highest BCUT2D eigenvalue weighted by molar-refractivity contribution is 5.84. The maximum absolute atomic E-state index is 12.3. The summed E-state index contributed by atoms with van der Waals surface area (Å²) in [5.41, 5.74) is 2.09. The fourth-order valence-electron chi connectivity index (χ4n) is 4.33. The summed E-state index contributed by atoms with van der Waals surface area (Å²) < 4.78 is 5.58. The summed E-state index contributed by atoms with van der Waals surface area (Å²) in [6.07, 6.45) is 7.77. The molecule has 0 spiro atoms. The first-order valence-electron chi connectivity index (χ1n) is 11.8. The molecule has 1 aromatic rings. The molecule has 0 radical (unpaired) electrons. The number of hydrogen-bond donors (Lipinski definition) is 3. The molecule has 1 fully saturated rings. The number of hydrogen-bond acceptors (Lipinski definition) is 5. The van der Waals surface area contributed by atoms with Crippen molar-refractivity contribution in [1.29, 1.82) is 0 Å². The highest BCUT2D eigenvalue weighted by Crippen LogP contribution is 2.34. The molecule has 0 amide bonds. The predicted molar refractivity (Wildman–Crippen MR) is 123 cm³/mol. The van der Waals surface area contributed by atoms with Crippen molar-refractivity contribution in [2.24, 2.45) is 11.8 Å². The second-order valence-corrected chi connectivity index (χ2v) is 8.80. The van der Waals surface area contributed by atoms with Gasteiger partial charge in [-0.2, -0.15) is 0 Å². The standard InChI is InChI=1S/C26H38O6/c1-2-14-32-18-20-9-7-8-19(15-20)16-21(27)12-13-23-22(24(28)17-25(23)29)10-5-3-4-6-11-26(30)31/h7-9,12-13,15,21-23,25,27,29H,2-6,10-11,14,16-18H2,1H3,(H,30,31)/t21?,22-,23-,25-/m1/s1. The third-order valence-electron chi connectivity index (χ3n) is 6.00. The molecule has 1 unspecified atom stereocenters. The zero-order valence-corrected chi connectivity index (χ0v) is 19.1. The van der Waals surface area contributed by atoms with Crippen LogP contribution in [-0.4, -0.2) is 45.9 Å². The summed E-state index contributed by atoms with van der Waals surface area (Å²) in [5.74, 6) is -1.21. The zero-order chi connectivity index (χ0) is 23.3. The van der Waals surface area contributed by atoms with Crippen molar-refractivity contribution < 1.29 is 29.6 Å². The lowest BCUT2D eigenvalue weighted by molar-refractivity contribution is -0.137. The SMILES string of the molecule is CCCOCc1cccc(CC(O)C=C[C@H]2[C@H](O)CC(=O)[C@@H]2CCCCCCC(=O)O)c1. The van der Waals surface area contributed by atoms with Crippen LogP contribution < -0.4 is 0 Å². The second-order valence-electron chi connectivity index (χ2n) is 8.80. The summed E-state index contributed by atoms with van der Waals surface area (Å²) >= 11 is 0. The Kier molecular flexibility index (Phi) is 11.6. The Labute approximate surface area is 191 Å². The fraction of sp³-hybridized carbons (Fsp3) is 0.615. The monoisotopic (exact) mass is 446 g/mol. The van der Waals surface area contributed by atoms with Crippen LogP contribution in [0.5, 0.6) is 0 Å². The average molecular weight is 447 g/mol. The number of aliphatic hydroxyl groups excluding tert-OH is 2. The molecule has 0 heterocycles. The molecule has 0 saturated heterocycles. The molecule has 1 aliphatic carbocycles. The number of rotatable bonds is 15. The van der Waals surface area contributed by atoms with Crippen LogP contribution in [0.15, 0.2) is 36.4 Å². The van der Waals surface area contributed by atoms with Gasteiger partial charge in [-0.25, -0.2) is 0 Å². The van der Waals surface area contributed by atoms with Gasteiger partial charge in [0.25, 0.3) is 0 Å². The number of ketones is 1. The van der Waals surface area contributed by atoms with Crippen molar-refractivity contribution in [2.75, 3.05) is 6.61 Å². The Hall–Kier alpha value is -2.02. The summed E-state index contributed by atoms with van der Waals surface area (Å²) in [7, 11) is 0. The molecule has 4 atom stereocenters. The minimum atomic E-state index is -0.778. The number of Topliss-reactive ketones (excluding diaryl/α,β-unsaturated/α-hetero) is 1. The highest BCUT2D eigenvalue weighted by atomic mass is 16.5. The predicted octanol–water partition coefficient (Wildman–Crippen LogP) is 4.06. The molecular weight excluding hydrogens is 408 g/mol. The Morgan fingerprint density at radius 1 is 1.22 bits per heavy atom. The van der Waals surface area contributed by atoms with Crippen molar-refractivity contribution in [3.8, 4) is 0 Å². The van der Waals surface area contributed by atoms with Gasteiger partial charge in [-0.1, -0.05) is 62.6 Å². The van der Waals surface area contributed by atoms with Gasteiger partial charge < -0.3 is 20.1 Å². The van der Waals surface area contributed by atoms with Gasteiger partial charge in [0.15, 0.2) is 0 Å². The van der Waals surface area contributed by atoms with Crippen LogP contribution in [0.1, 0.15) is 69.4 Å². The molecule has 0 aromatic heterocycles. The molecule has 0 bridgehead atoms. The number of benzene rings is 1. The number of ether oxygens (including phenoxy) is 1. The number of carbonyl (C=O) groups is 2. The van der Waals surface area contributed by atoms with Gasteiger partial charge in [0, 0.05) is 37.7 Å².